The summed E-state index contributed by atoms with van der Waals surface area (Å²) in [5.41, 5.74) is 3.25. The first kappa shape index (κ1) is 23.1. The highest BCUT2D eigenvalue weighted by atomic mass is 32.2. The largest absolute Gasteiger partial charge is 0.497 e. The lowest BCUT2D eigenvalue weighted by Crippen LogP contribution is -2.18. The molecule has 2 aromatic rings. The first-order chi connectivity index (χ1) is 12.8. The summed E-state index contributed by atoms with van der Waals surface area (Å²) in [4.78, 5) is 10.6. The van der Waals surface area contributed by atoms with E-state index in [1.54, 1.807) is 24.3 Å². The van der Waals surface area contributed by atoms with Crippen LogP contribution in [0, 0.1) is 5.82 Å². The molecule has 0 bridgehead atoms. The van der Waals surface area contributed by atoms with Crippen molar-refractivity contribution < 1.29 is 40.1 Å². The lowest BCUT2D eigenvalue weighted by Gasteiger charge is -2.09. The molecule has 0 spiro atoms. The van der Waals surface area contributed by atoms with Crippen LogP contribution in [0.1, 0.15) is 21.5 Å². The topological polar surface area (TPSA) is 107 Å². The number of alkyl halides is 3. The second-order valence-electron chi connectivity index (χ2n) is 5.15. The molecule has 0 aliphatic carbocycles. The lowest BCUT2D eigenvalue weighted by molar-refractivity contribution is -0.138. The van der Waals surface area contributed by atoms with E-state index in [1.807, 2.05) is 0 Å². The molecular weight excluding hydrogens is 406 g/mol. The molecule has 0 aliphatic rings. The van der Waals surface area contributed by atoms with Crippen molar-refractivity contribution in [1.29, 1.82) is 0 Å². The highest BCUT2D eigenvalue weighted by Gasteiger charge is 2.35. The minimum atomic E-state index is -4.79. The minimum absolute atomic E-state index is 0.236. The van der Waals surface area contributed by atoms with Crippen molar-refractivity contribution >= 4 is 22.1 Å². The number of rotatable bonds is 4. The van der Waals surface area contributed by atoms with E-state index < -0.39 is 39.1 Å². The summed E-state index contributed by atoms with van der Waals surface area (Å²) in [5, 5.41) is 0.724. The fourth-order valence-corrected chi connectivity index (χ4v) is 2.20. The van der Waals surface area contributed by atoms with E-state index in [0.717, 1.165) is 11.5 Å². The van der Waals surface area contributed by atoms with Gasteiger partial charge in [0, 0.05) is 0 Å². The molecule has 0 fully saturated rings. The Morgan fingerprint density at radius 3 is 2.32 bits per heavy atom. The molecule has 0 aromatic heterocycles. The zero-order valence-corrected chi connectivity index (χ0v) is 15.1. The number of hydrogen-bond donors (Lipinski definition) is 2. The van der Waals surface area contributed by atoms with Crippen LogP contribution >= 0.6 is 0 Å². The molecule has 11 heteroatoms. The molecule has 3 N–H and O–H groups in total. The van der Waals surface area contributed by atoms with Gasteiger partial charge in [-0.1, -0.05) is 12.1 Å². The number of ether oxygens (including phenoxy) is 1. The van der Waals surface area contributed by atoms with Crippen molar-refractivity contribution in [3.63, 3.8) is 0 Å². The number of amides is 1. The Hall–Kier alpha value is -2.92. The van der Waals surface area contributed by atoms with Gasteiger partial charge in [-0.05, 0) is 42.0 Å². The van der Waals surface area contributed by atoms with E-state index in [2.05, 4.69) is 0 Å². The van der Waals surface area contributed by atoms with Crippen molar-refractivity contribution in [3.8, 4) is 5.75 Å². The van der Waals surface area contributed by atoms with E-state index in [9.17, 15) is 30.8 Å². The summed E-state index contributed by atoms with van der Waals surface area (Å²) in [6.45, 7) is 0. The van der Waals surface area contributed by atoms with Crippen molar-refractivity contribution in [2.45, 2.75) is 6.18 Å². The number of carbonyl (C=O) groups excluding carboxylic acids is 1. The van der Waals surface area contributed by atoms with Crippen LogP contribution < -0.4 is 10.5 Å². The van der Waals surface area contributed by atoms with Crippen LogP contribution in [-0.2, 0) is 16.3 Å². The summed E-state index contributed by atoms with van der Waals surface area (Å²) < 4.78 is 83.3. The van der Waals surface area contributed by atoms with E-state index in [4.69, 9.17) is 15.0 Å². The van der Waals surface area contributed by atoms with Gasteiger partial charge in [0.1, 0.15) is 11.6 Å². The van der Waals surface area contributed by atoms with Gasteiger partial charge in [0.15, 0.2) is 0 Å². The van der Waals surface area contributed by atoms with Gasteiger partial charge in [-0.2, -0.15) is 21.6 Å². The molecule has 2 rings (SSSR count). The van der Waals surface area contributed by atoms with Gasteiger partial charge in [-0.3, -0.25) is 9.35 Å². The summed E-state index contributed by atoms with van der Waals surface area (Å²) in [5.74, 6) is -1.68. The van der Waals surface area contributed by atoms with Crippen LogP contribution in [0.5, 0.6) is 5.75 Å². The number of nitrogens with two attached hydrogens (primary N) is 1. The molecular formula is C17H15F4NO5S. The van der Waals surface area contributed by atoms with Gasteiger partial charge < -0.3 is 10.5 Å². The minimum Gasteiger partial charge on any atom is -0.497 e. The normalized spacial score (nSPS) is 11.6. The highest BCUT2D eigenvalue weighted by molar-refractivity contribution is 7.88. The number of carbonyl (C=O) groups is 1. The molecule has 0 unspecified atom stereocenters. The monoisotopic (exact) mass is 421 g/mol. The predicted molar refractivity (Wildman–Crippen MR) is 93.5 cm³/mol. The smallest absolute Gasteiger partial charge is 0.417 e. The quantitative estimate of drug-likeness (QED) is 0.581. The maximum Gasteiger partial charge on any atom is 0.417 e. The Morgan fingerprint density at radius 1 is 1.18 bits per heavy atom. The van der Waals surface area contributed by atoms with Gasteiger partial charge in [-0.15, -0.1) is 0 Å². The second kappa shape index (κ2) is 9.33. The number of halogens is 4. The molecule has 0 heterocycles. The number of primary amides is 1. The third-order valence-corrected chi connectivity index (χ3v) is 3.56. The summed E-state index contributed by atoms with van der Waals surface area (Å²) in [6.07, 6.45) is -3.50. The van der Waals surface area contributed by atoms with Gasteiger partial charge >= 0.3 is 6.18 Å². The molecule has 28 heavy (non-hydrogen) atoms. The Labute approximate surface area is 158 Å². The number of methoxy groups -OCH3 is 1. The third kappa shape index (κ3) is 7.76. The summed E-state index contributed by atoms with van der Waals surface area (Å²) in [6, 6.07) is 8.51. The highest BCUT2D eigenvalue weighted by Crippen LogP contribution is 2.32. The molecule has 2 aromatic carbocycles. The maximum absolute atomic E-state index is 12.5. The van der Waals surface area contributed by atoms with Crippen LogP contribution in [0.3, 0.4) is 0 Å². The standard InChI is InChI=1S/C9H10O4S.C8H5F4NO/c1-13-9-4-2-3-8(7-9)5-6-14(10,11)12;9-4-1-2-5(7(13)14)6(3-4)8(10,11)12/h2-7H,1H3,(H,10,11,12);1-3H,(H2,13,14)/b6-5+;. The molecule has 1 amide bonds. The zero-order valence-electron chi connectivity index (χ0n) is 14.3. The first-order valence-electron chi connectivity index (χ1n) is 7.29. The Morgan fingerprint density at radius 2 is 1.82 bits per heavy atom. The Kier molecular flexibility index (Phi) is 7.70. The van der Waals surface area contributed by atoms with Gasteiger partial charge in [0.05, 0.1) is 23.6 Å². The molecule has 6 nitrogen and oxygen atoms in total. The van der Waals surface area contributed by atoms with E-state index in [-0.39, 0.29) is 6.07 Å². The second-order valence-corrected chi connectivity index (χ2v) is 6.45. The SMILES string of the molecule is COc1cccc(/C=C/S(=O)(=O)O)c1.NC(=O)c1ccc(F)cc1C(F)(F)F. The average Bonchev–Trinajstić information content (AvgIpc) is 2.59. The molecule has 152 valence electrons. The van der Waals surface area contributed by atoms with Gasteiger partial charge in [-0.25, -0.2) is 4.39 Å². The van der Waals surface area contributed by atoms with Crippen molar-refractivity contribution in [2.24, 2.45) is 5.73 Å². The fraction of sp³-hybridized carbons (Fsp3) is 0.118. The fourth-order valence-electron chi connectivity index (χ4n) is 1.88. The van der Waals surface area contributed by atoms with E-state index >= 15 is 0 Å². The summed E-state index contributed by atoms with van der Waals surface area (Å²) in [7, 11) is -2.54. The predicted octanol–water partition coefficient (Wildman–Crippen LogP) is 3.50. The van der Waals surface area contributed by atoms with E-state index in [0.29, 0.717) is 17.4 Å². The molecule has 0 saturated carbocycles. The lowest BCUT2D eigenvalue weighted by atomic mass is 10.1. The van der Waals surface area contributed by atoms with Crippen LogP contribution in [-0.4, -0.2) is 26.0 Å². The van der Waals surface area contributed by atoms with Crippen molar-refractivity contribution in [3.05, 3.63) is 70.4 Å². The van der Waals surface area contributed by atoms with Gasteiger partial charge in [0.25, 0.3) is 10.1 Å². The molecule has 0 atom stereocenters. The van der Waals surface area contributed by atoms with Crippen LogP contribution in [0.15, 0.2) is 47.9 Å². The van der Waals surface area contributed by atoms with Crippen LogP contribution in [0.25, 0.3) is 6.08 Å². The molecule has 0 radical (unpaired) electrons. The van der Waals surface area contributed by atoms with Crippen LogP contribution in [0.2, 0.25) is 0 Å². The number of hydrogen-bond acceptors (Lipinski definition) is 4. The first-order valence-corrected chi connectivity index (χ1v) is 8.80. The maximum atomic E-state index is 12.5. The Balaban J connectivity index is 0.000000280. The van der Waals surface area contributed by atoms with Gasteiger partial charge in [0.2, 0.25) is 5.91 Å². The number of benzene rings is 2. The third-order valence-electron chi connectivity index (χ3n) is 3.08. The zero-order chi connectivity index (χ0) is 21.5. The summed E-state index contributed by atoms with van der Waals surface area (Å²) >= 11 is 0. The van der Waals surface area contributed by atoms with Crippen molar-refractivity contribution in [2.75, 3.05) is 7.11 Å². The van der Waals surface area contributed by atoms with Crippen molar-refractivity contribution in [1.82, 2.24) is 0 Å². The van der Waals surface area contributed by atoms with E-state index in [1.165, 1.54) is 13.2 Å². The molecule has 0 saturated heterocycles. The molecule has 0 aliphatic heterocycles. The Bertz CT molecular complexity index is 972. The van der Waals surface area contributed by atoms with Crippen LogP contribution in [0.4, 0.5) is 17.6 Å². The average molecular weight is 421 g/mol.